The van der Waals surface area contributed by atoms with E-state index in [1.165, 1.54) is 34.5 Å². The zero-order chi connectivity index (χ0) is 24.5. The van der Waals surface area contributed by atoms with Gasteiger partial charge in [-0.3, -0.25) is 9.59 Å². The van der Waals surface area contributed by atoms with Gasteiger partial charge in [-0.25, -0.2) is 0 Å². The molecular formula is C28H27NO5S. The van der Waals surface area contributed by atoms with Gasteiger partial charge in [0.25, 0.3) is 11.7 Å². The minimum Gasteiger partial charge on any atom is -0.507 e. The monoisotopic (exact) mass is 489 g/mol. The van der Waals surface area contributed by atoms with E-state index in [0.717, 1.165) is 30.6 Å². The molecule has 180 valence electrons. The van der Waals surface area contributed by atoms with Gasteiger partial charge >= 0.3 is 0 Å². The summed E-state index contributed by atoms with van der Waals surface area (Å²) < 4.78 is 10.9. The predicted octanol–water partition coefficient (Wildman–Crippen LogP) is 5.27. The zero-order valence-electron chi connectivity index (χ0n) is 19.7. The fourth-order valence-corrected chi connectivity index (χ4v) is 5.72. The summed E-state index contributed by atoms with van der Waals surface area (Å²) in [4.78, 5) is 29.1. The van der Waals surface area contributed by atoms with Gasteiger partial charge in [0.1, 0.15) is 5.76 Å². The number of ketones is 1. The number of likely N-dealkylation sites (tertiary alicyclic amines) is 1. The highest BCUT2D eigenvalue weighted by atomic mass is 32.1. The van der Waals surface area contributed by atoms with Crippen LogP contribution in [0.15, 0.2) is 59.5 Å². The highest BCUT2D eigenvalue weighted by Crippen LogP contribution is 2.43. The number of nitrogens with zero attached hydrogens (tertiary/aromatic N) is 1. The summed E-state index contributed by atoms with van der Waals surface area (Å²) in [6.07, 6.45) is 4.23. The Morgan fingerprint density at radius 1 is 1.00 bits per heavy atom. The van der Waals surface area contributed by atoms with Crippen molar-refractivity contribution in [2.75, 3.05) is 14.2 Å². The molecule has 1 saturated heterocycles. The van der Waals surface area contributed by atoms with Crippen molar-refractivity contribution in [1.82, 2.24) is 4.90 Å². The second-order valence-electron chi connectivity index (χ2n) is 8.81. The number of aliphatic hydroxyl groups excluding tert-OH is 1. The van der Waals surface area contributed by atoms with Crippen molar-refractivity contribution >= 4 is 28.8 Å². The number of amides is 1. The number of carbonyl (C=O) groups excluding carboxylic acids is 2. The first-order valence-electron chi connectivity index (χ1n) is 11.7. The molecule has 1 fully saturated rings. The van der Waals surface area contributed by atoms with E-state index in [0.29, 0.717) is 22.6 Å². The van der Waals surface area contributed by atoms with Gasteiger partial charge in [0.15, 0.2) is 11.5 Å². The molecule has 1 atom stereocenters. The lowest BCUT2D eigenvalue weighted by molar-refractivity contribution is -0.140. The van der Waals surface area contributed by atoms with Crippen LogP contribution in [0.5, 0.6) is 11.5 Å². The Morgan fingerprint density at radius 2 is 1.77 bits per heavy atom. The fraction of sp³-hybridized carbons (Fsp3) is 0.286. The van der Waals surface area contributed by atoms with E-state index < -0.39 is 17.7 Å². The first kappa shape index (κ1) is 23.2. The summed E-state index contributed by atoms with van der Waals surface area (Å²) in [5.41, 5.74) is 3.79. The van der Waals surface area contributed by atoms with Crippen molar-refractivity contribution in [3.05, 3.63) is 86.6 Å². The SMILES string of the molecule is COc1ccc(C2/C(=C(\O)c3ccc4c(c3)CCCC4)C(=O)C(=O)N2Cc2cccs2)cc1OC. The summed E-state index contributed by atoms with van der Waals surface area (Å²) >= 11 is 1.52. The molecule has 1 aliphatic heterocycles. The van der Waals surface area contributed by atoms with Crippen molar-refractivity contribution in [1.29, 1.82) is 0 Å². The maximum atomic E-state index is 13.3. The Balaban J connectivity index is 1.65. The number of hydrogen-bond acceptors (Lipinski definition) is 6. The number of thiophene rings is 1. The van der Waals surface area contributed by atoms with Gasteiger partial charge in [0.2, 0.25) is 0 Å². The number of Topliss-reactive ketones (excluding diaryl/α,β-unsaturated/α-hetero) is 1. The fourth-order valence-electron chi connectivity index (χ4n) is 5.02. The van der Waals surface area contributed by atoms with Crippen LogP contribution in [0.25, 0.3) is 5.76 Å². The molecular weight excluding hydrogens is 462 g/mol. The van der Waals surface area contributed by atoms with E-state index in [-0.39, 0.29) is 17.9 Å². The Morgan fingerprint density at radius 3 is 2.49 bits per heavy atom. The van der Waals surface area contributed by atoms with Crippen LogP contribution >= 0.6 is 11.3 Å². The number of aliphatic hydroxyl groups is 1. The van der Waals surface area contributed by atoms with Gasteiger partial charge in [-0.1, -0.05) is 24.3 Å². The van der Waals surface area contributed by atoms with E-state index in [9.17, 15) is 14.7 Å². The molecule has 0 spiro atoms. The average Bonchev–Trinajstić information content (AvgIpc) is 3.50. The molecule has 7 heteroatoms. The second kappa shape index (κ2) is 9.58. The molecule has 0 radical (unpaired) electrons. The quantitative estimate of drug-likeness (QED) is 0.290. The first-order chi connectivity index (χ1) is 17.0. The zero-order valence-corrected chi connectivity index (χ0v) is 20.6. The number of methoxy groups -OCH3 is 2. The molecule has 2 heterocycles. The van der Waals surface area contributed by atoms with Crippen molar-refractivity contribution in [2.24, 2.45) is 0 Å². The minimum atomic E-state index is -0.757. The van der Waals surface area contributed by atoms with Crippen LogP contribution < -0.4 is 9.47 Å². The van der Waals surface area contributed by atoms with Crippen LogP contribution in [0.3, 0.4) is 0 Å². The summed E-state index contributed by atoms with van der Waals surface area (Å²) in [6, 6.07) is 14.2. The Kier molecular flexibility index (Phi) is 6.34. The number of hydrogen-bond donors (Lipinski definition) is 1. The van der Waals surface area contributed by atoms with E-state index in [1.54, 1.807) is 25.3 Å². The molecule has 1 N–H and O–H groups in total. The minimum absolute atomic E-state index is 0.0922. The summed E-state index contributed by atoms with van der Waals surface area (Å²) in [5.74, 6) is -0.430. The lowest BCUT2D eigenvalue weighted by Gasteiger charge is -2.25. The highest BCUT2D eigenvalue weighted by molar-refractivity contribution is 7.09. The molecule has 35 heavy (non-hydrogen) atoms. The third kappa shape index (κ3) is 4.21. The number of benzene rings is 2. The molecule has 1 aromatic heterocycles. The summed E-state index contributed by atoms with van der Waals surface area (Å²) in [7, 11) is 3.09. The molecule has 2 aromatic carbocycles. The number of carbonyl (C=O) groups is 2. The molecule has 5 rings (SSSR count). The van der Waals surface area contributed by atoms with Crippen molar-refractivity contribution < 1.29 is 24.2 Å². The molecule has 1 aliphatic carbocycles. The van der Waals surface area contributed by atoms with E-state index in [4.69, 9.17) is 9.47 Å². The number of rotatable bonds is 6. The van der Waals surface area contributed by atoms with Crippen LogP contribution in [-0.2, 0) is 29.0 Å². The Bertz CT molecular complexity index is 1310. The van der Waals surface area contributed by atoms with Crippen molar-refractivity contribution in [2.45, 2.75) is 38.3 Å². The lowest BCUT2D eigenvalue weighted by atomic mass is 9.88. The average molecular weight is 490 g/mol. The molecule has 3 aromatic rings. The van der Waals surface area contributed by atoms with Gasteiger partial charge < -0.3 is 19.5 Å². The first-order valence-corrected chi connectivity index (χ1v) is 12.5. The van der Waals surface area contributed by atoms with Crippen molar-refractivity contribution in [3.8, 4) is 11.5 Å². The van der Waals surface area contributed by atoms with E-state index >= 15 is 0 Å². The van der Waals surface area contributed by atoms with Crippen LogP contribution in [0.4, 0.5) is 0 Å². The van der Waals surface area contributed by atoms with Gasteiger partial charge in [-0.15, -0.1) is 11.3 Å². The number of fused-ring (bicyclic) bond motifs is 1. The maximum Gasteiger partial charge on any atom is 0.295 e. The van der Waals surface area contributed by atoms with Gasteiger partial charge in [0, 0.05) is 10.4 Å². The normalized spacial score (nSPS) is 19.0. The molecule has 6 nitrogen and oxygen atoms in total. The van der Waals surface area contributed by atoms with Crippen LogP contribution in [0.2, 0.25) is 0 Å². The molecule has 2 aliphatic rings. The van der Waals surface area contributed by atoms with Crippen LogP contribution in [0, 0.1) is 0 Å². The highest BCUT2D eigenvalue weighted by Gasteiger charge is 2.46. The van der Waals surface area contributed by atoms with Gasteiger partial charge in [-0.05, 0) is 72.0 Å². The van der Waals surface area contributed by atoms with Crippen LogP contribution in [-0.4, -0.2) is 35.9 Å². The number of aryl methyl sites for hydroxylation is 2. The summed E-state index contributed by atoms with van der Waals surface area (Å²) in [6.45, 7) is 0.266. The largest absolute Gasteiger partial charge is 0.507 e. The molecule has 0 bridgehead atoms. The second-order valence-corrected chi connectivity index (χ2v) is 9.84. The Labute approximate surface area is 208 Å². The standard InChI is InChI=1S/C28H27NO5S/c1-33-22-12-11-19(15-23(22)34-2)25-24(27(31)28(32)29(25)16-21-8-5-13-35-21)26(30)20-10-9-17-6-3-4-7-18(17)14-20/h5,8-15,25,30H,3-4,6-7,16H2,1-2H3/b26-24+. The predicted molar refractivity (Wildman–Crippen MR) is 135 cm³/mol. The number of ether oxygens (including phenoxy) is 2. The van der Waals surface area contributed by atoms with Gasteiger partial charge in [-0.2, -0.15) is 0 Å². The molecule has 0 saturated carbocycles. The molecule has 1 unspecified atom stereocenters. The lowest BCUT2D eigenvalue weighted by Crippen LogP contribution is -2.28. The smallest absolute Gasteiger partial charge is 0.295 e. The van der Waals surface area contributed by atoms with Crippen molar-refractivity contribution in [3.63, 3.8) is 0 Å². The van der Waals surface area contributed by atoms with E-state index in [1.807, 2.05) is 35.7 Å². The van der Waals surface area contributed by atoms with Crippen LogP contribution in [0.1, 0.15) is 46.0 Å². The third-order valence-corrected chi connectivity index (χ3v) is 7.65. The topological polar surface area (TPSA) is 76.1 Å². The molecule has 1 amide bonds. The maximum absolute atomic E-state index is 13.3. The summed E-state index contributed by atoms with van der Waals surface area (Å²) in [5, 5.41) is 13.4. The Hall–Kier alpha value is -3.58. The van der Waals surface area contributed by atoms with E-state index in [2.05, 4.69) is 0 Å². The van der Waals surface area contributed by atoms with Gasteiger partial charge in [0.05, 0.1) is 32.4 Å². The third-order valence-electron chi connectivity index (χ3n) is 6.79.